The van der Waals surface area contributed by atoms with Gasteiger partial charge in [-0.05, 0) is 13.8 Å². The van der Waals surface area contributed by atoms with Crippen molar-refractivity contribution < 1.29 is 23.1 Å². The molecule has 1 rings (SSSR count). The lowest BCUT2D eigenvalue weighted by Crippen LogP contribution is -2.34. The number of alkyl halides is 3. The molecule has 5 nitrogen and oxygen atoms in total. The summed E-state index contributed by atoms with van der Waals surface area (Å²) in [5.74, 6) is -0.812. The molecular weight excluding hydrogens is 263 g/mol. The van der Waals surface area contributed by atoms with Gasteiger partial charge in [-0.15, -0.1) is 0 Å². The maximum Gasteiger partial charge on any atom is 0.433 e. The Kier molecular flexibility index (Phi) is 4.56. The lowest BCUT2D eigenvalue weighted by Gasteiger charge is -2.19. The van der Waals surface area contributed by atoms with Crippen LogP contribution in [0.4, 0.5) is 13.2 Å². The van der Waals surface area contributed by atoms with E-state index in [-0.39, 0.29) is 13.1 Å². The van der Waals surface area contributed by atoms with Gasteiger partial charge in [0.05, 0.1) is 17.9 Å². The predicted octanol–water partition coefficient (Wildman–Crippen LogP) is 1.37. The molecule has 1 aromatic rings. The average molecular weight is 279 g/mol. The molecule has 0 aliphatic carbocycles. The molecular formula is C11H16F3N3O2. The van der Waals surface area contributed by atoms with Gasteiger partial charge in [-0.2, -0.15) is 18.3 Å². The summed E-state index contributed by atoms with van der Waals surface area (Å²) in [6.45, 7) is 2.93. The van der Waals surface area contributed by atoms with Crippen LogP contribution in [-0.2, 0) is 12.7 Å². The molecule has 0 bridgehead atoms. The minimum absolute atomic E-state index is 0.0161. The number of likely N-dealkylation sites (N-methyl/N-ethyl adjacent to an activating group) is 1. The van der Waals surface area contributed by atoms with Crippen LogP contribution in [0, 0.1) is 0 Å². The number of aryl methyl sites for hydroxylation is 1. The zero-order valence-electron chi connectivity index (χ0n) is 10.9. The monoisotopic (exact) mass is 279 g/mol. The number of halogens is 3. The molecule has 0 aliphatic rings. The van der Waals surface area contributed by atoms with Gasteiger partial charge in [0, 0.05) is 20.1 Å². The highest BCUT2D eigenvalue weighted by atomic mass is 19.4. The van der Waals surface area contributed by atoms with E-state index in [2.05, 4.69) is 5.10 Å². The Bertz CT molecular complexity index is 455. The fraction of sp³-hybridized carbons (Fsp3) is 0.636. The van der Waals surface area contributed by atoms with Gasteiger partial charge in [0.25, 0.3) is 5.91 Å². The van der Waals surface area contributed by atoms with Gasteiger partial charge >= 0.3 is 6.18 Å². The highest BCUT2D eigenvalue weighted by Crippen LogP contribution is 2.32. The smallest absolute Gasteiger partial charge is 0.392 e. The van der Waals surface area contributed by atoms with Crippen molar-refractivity contribution in [2.45, 2.75) is 32.7 Å². The summed E-state index contributed by atoms with van der Waals surface area (Å²) in [7, 11) is 1.33. The zero-order chi connectivity index (χ0) is 14.8. The van der Waals surface area contributed by atoms with E-state index in [9.17, 15) is 18.0 Å². The van der Waals surface area contributed by atoms with E-state index >= 15 is 0 Å². The third kappa shape index (κ3) is 3.46. The number of hydrogen-bond donors (Lipinski definition) is 1. The molecule has 0 aromatic carbocycles. The Morgan fingerprint density at radius 3 is 2.58 bits per heavy atom. The molecule has 19 heavy (non-hydrogen) atoms. The van der Waals surface area contributed by atoms with Crippen molar-refractivity contribution in [2.75, 3.05) is 13.6 Å². The molecule has 1 unspecified atom stereocenters. The van der Waals surface area contributed by atoms with Gasteiger partial charge < -0.3 is 10.0 Å². The SMILES string of the molecule is CCn1ncc(C(=O)N(C)CC(C)O)c1C(F)(F)F. The molecule has 0 aliphatic heterocycles. The van der Waals surface area contributed by atoms with Crippen molar-refractivity contribution in [1.29, 1.82) is 0 Å². The van der Waals surface area contributed by atoms with E-state index in [0.29, 0.717) is 0 Å². The van der Waals surface area contributed by atoms with Crippen LogP contribution in [0.2, 0.25) is 0 Å². The summed E-state index contributed by atoms with van der Waals surface area (Å²) in [5, 5.41) is 12.7. The van der Waals surface area contributed by atoms with Crippen LogP contribution in [0.15, 0.2) is 6.20 Å². The Labute approximate surface area is 108 Å². The second-order valence-electron chi connectivity index (χ2n) is 4.26. The van der Waals surface area contributed by atoms with Crippen LogP contribution in [0.25, 0.3) is 0 Å². The van der Waals surface area contributed by atoms with E-state index in [1.807, 2.05) is 0 Å². The molecule has 0 fully saturated rings. The molecule has 108 valence electrons. The van der Waals surface area contributed by atoms with Crippen molar-refractivity contribution in [3.05, 3.63) is 17.5 Å². The Balaban J connectivity index is 3.14. The molecule has 1 amide bonds. The lowest BCUT2D eigenvalue weighted by molar-refractivity contribution is -0.144. The third-order valence-electron chi connectivity index (χ3n) is 2.52. The number of aliphatic hydroxyl groups is 1. The largest absolute Gasteiger partial charge is 0.433 e. The minimum Gasteiger partial charge on any atom is -0.392 e. The number of rotatable bonds is 4. The summed E-state index contributed by atoms with van der Waals surface area (Å²) < 4.78 is 39.5. The summed E-state index contributed by atoms with van der Waals surface area (Å²) in [6.07, 6.45) is -4.55. The normalized spacial score (nSPS) is 13.4. The summed E-state index contributed by atoms with van der Waals surface area (Å²) >= 11 is 0. The standard InChI is InChI=1S/C11H16F3N3O2/c1-4-17-9(11(12,13)14)8(5-15-17)10(19)16(3)6-7(2)18/h5,7,18H,4,6H2,1-3H3. The maximum atomic E-state index is 12.9. The van der Waals surface area contributed by atoms with E-state index in [1.165, 1.54) is 20.9 Å². The number of nitrogens with zero attached hydrogens (tertiary/aromatic N) is 3. The third-order valence-corrected chi connectivity index (χ3v) is 2.52. The van der Waals surface area contributed by atoms with Gasteiger partial charge in [0.15, 0.2) is 5.69 Å². The Morgan fingerprint density at radius 2 is 2.16 bits per heavy atom. The van der Waals surface area contributed by atoms with E-state index in [1.54, 1.807) is 0 Å². The number of carbonyl (C=O) groups is 1. The van der Waals surface area contributed by atoms with Crippen LogP contribution in [0.1, 0.15) is 29.9 Å². The van der Waals surface area contributed by atoms with E-state index in [4.69, 9.17) is 5.11 Å². The fourth-order valence-electron chi connectivity index (χ4n) is 1.77. The van der Waals surface area contributed by atoms with Crippen LogP contribution in [0.5, 0.6) is 0 Å². The van der Waals surface area contributed by atoms with Gasteiger partial charge in [-0.3, -0.25) is 9.48 Å². The summed E-state index contributed by atoms with van der Waals surface area (Å²) in [5.41, 5.74) is -1.56. The number of aliphatic hydroxyl groups excluding tert-OH is 1. The topological polar surface area (TPSA) is 58.4 Å². The fourth-order valence-corrected chi connectivity index (χ4v) is 1.77. The highest BCUT2D eigenvalue weighted by molar-refractivity contribution is 5.95. The second-order valence-corrected chi connectivity index (χ2v) is 4.26. The van der Waals surface area contributed by atoms with E-state index in [0.717, 1.165) is 15.8 Å². The first-order valence-electron chi connectivity index (χ1n) is 5.75. The Morgan fingerprint density at radius 1 is 1.58 bits per heavy atom. The van der Waals surface area contributed by atoms with Crippen LogP contribution >= 0.6 is 0 Å². The van der Waals surface area contributed by atoms with Crippen LogP contribution in [0.3, 0.4) is 0 Å². The van der Waals surface area contributed by atoms with Gasteiger partial charge in [0.2, 0.25) is 0 Å². The molecule has 0 spiro atoms. The van der Waals surface area contributed by atoms with Gasteiger partial charge in [-0.1, -0.05) is 0 Å². The maximum absolute atomic E-state index is 12.9. The number of hydrogen-bond acceptors (Lipinski definition) is 3. The molecule has 1 atom stereocenters. The van der Waals surface area contributed by atoms with Crippen molar-refractivity contribution in [1.82, 2.24) is 14.7 Å². The molecule has 1 heterocycles. The number of aromatic nitrogens is 2. The molecule has 0 radical (unpaired) electrons. The van der Waals surface area contributed by atoms with Crippen molar-refractivity contribution in [3.8, 4) is 0 Å². The van der Waals surface area contributed by atoms with Crippen molar-refractivity contribution in [3.63, 3.8) is 0 Å². The van der Waals surface area contributed by atoms with Gasteiger partial charge in [0.1, 0.15) is 0 Å². The first kappa shape index (κ1) is 15.5. The first-order chi connectivity index (χ1) is 8.68. The quantitative estimate of drug-likeness (QED) is 0.905. The average Bonchev–Trinajstić information content (AvgIpc) is 2.70. The number of carbonyl (C=O) groups excluding carboxylic acids is 1. The lowest BCUT2D eigenvalue weighted by atomic mass is 10.2. The zero-order valence-corrected chi connectivity index (χ0v) is 10.9. The summed E-state index contributed by atoms with van der Waals surface area (Å²) in [4.78, 5) is 13.0. The first-order valence-corrected chi connectivity index (χ1v) is 5.75. The molecule has 1 N–H and O–H groups in total. The number of amides is 1. The van der Waals surface area contributed by atoms with Crippen molar-refractivity contribution in [2.24, 2.45) is 0 Å². The van der Waals surface area contributed by atoms with Crippen molar-refractivity contribution >= 4 is 5.91 Å². The molecule has 1 aromatic heterocycles. The second kappa shape index (κ2) is 5.60. The van der Waals surface area contributed by atoms with Crippen LogP contribution < -0.4 is 0 Å². The molecule has 8 heteroatoms. The van der Waals surface area contributed by atoms with Gasteiger partial charge in [-0.25, -0.2) is 0 Å². The Hall–Kier alpha value is -1.57. The predicted molar refractivity (Wildman–Crippen MR) is 61.5 cm³/mol. The van der Waals surface area contributed by atoms with E-state index < -0.39 is 29.4 Å². The summed E-state index contributed by atoms with van der Waals surface area (Å²) in [6, 6.07) is 0. The minimum atomic E-state index is -4.65. The molecule has 0 saturated heterocycles. The molecule has 0 saturated carbocycles. The highest BCUT2D eigenvalue weighted by Gasteiger charge is 2.40. The van der Waals surface area contributed by atoms with Crippen LogP contribution in [-0.4, -0.2) is 45.4 Å².